The van der Waals surface area contributed by atoms with Crippen molar-refractivity contribution in [3.8, 4) is 0 Å². The lowest BCUT2D eigenvalue weighted by Crippen LogP contribution is -2.32. The van der Waals surface area contributed by atoms with Crippen LogP contribution in [0.2, 0.25) is 0 Å². The number of amides is 1. The number of alkyl halides is 1. The van der Waals surface area contributed by atoms with Crippen molar-refractivity contribution in [1.29, 1.82) is 0 Å². The maximum atomic E-state index is 13.5. The van der Waals surface area contributed by atoms with Crippen molar-refractivity contribution >= 4 is 23.4 Å². The zero-order valence-corrected chi connectivity index (χ0v) is 8.88. The standard InChI is InChI=1S/C10H10FNO2S/c1-14-10-8(11)9(13)12-6-4-2-3-5-7(6)15-10/h2-5,8,10H,1H3,(H,12,13)/t8-,10+/m0/s1. The first kappa shape index (κ1) is 10.4. The number of ether oxygens (including phenoxy) is 1. The number of methoxy groups -OCH3 is 1. The molecule has 0 spiro atoms. The van der Waals surface area contributed by atoms with Gasteiger partial charge >= 0.3 is 0 Å². The SMILES string of the molecule is CO[C@@H]1Sc2ccccc2NC(=O)[C@@H]1F. The van der Waals surface area contributed by atoms with Crippen molar-refractivity contribution in [2.24, 2.45) is 0 Å². The van der Waals surface area contributed by atoms with Crippen LogP contribution in [0.5, 0.6) is 0 Å². The van der Waals surface area contributed by atoms with Crippen LogP contribution in [0, 0.1) is 0 Å². The van der Waals surface area contributed by atoms with E-state index in [1.807, 2.05) is 12.1 Å². The molecule has 2 rings (SSSR count). The molecule has 0 radical (unpaired) electrons. The minimum Gasteiger partial charge on any atom is -0.367 e. The first-order valence-electron chi connectivity index (χ1n) is 4.46. The van der Waals surface area contributed by atoms with Crippen LogP contribution in [-0.2, 0) is 9.53 Å². The van der Waals surface area contributed by atoms with E-state index in [1.165, 1.54) is 18.9 Å². The zero-order chi connectivity index (χ0) is 10.8. The van der Waals surface area contributed by atoms with Gasteiger partial charge in [0.1, 0.15) is 5.44 Å². The van der Waals surface area contributed by atoms with Gasteiger partial charge < -0.3 is 10.1 Å². The fraction of sp³-hybridized carbons (Fsp3) is 0.300. The predicted octanol–water partition coefficient (Wildman–Crippen LogP) is 2.04. The fourth-order valence-corrected chi connectivity index (χ4v) is 2.34. The number of hydrogen-bond donors (Lipinski definition) is 1. The minimum absolute atomic E-state index is 0.634. The Morgan fingerprint density at radius 2 is 2.20 bits per heavy atom. The molecule has 3 nitrogen and oxygen atoms in total. The van der Waals surface area contributed by atoms with Gasteiger partial charge in [-0.05, 0) is 12.1 Å². The first-order chi connectivity index (χ1) is 7.22. The highest BCUT2D eigenvalue weighted by Gasteiger charge is 2.33. The maximum Gasteiger partial charge on any atom is 0.262 e. The fourth-order valence-electron chi connectivity index (χ4n) is 1.35. The summed E-state index contributed by atoms with van der Waals surface area (Å²) in [6, 6.07) is 7.19. The van der Waals surface area contributed by atoms with Crippen molar-refractivity contribution in [2.45, 2.75) is 16.5 Å². The summed E-state index contributed by atoms with van der Waals surface area (Å²) in [6.07, 6.45) is -1.65. The van der Waals surface area contributed by atoms with Gasteiger partial charge in [0.2, 0.25) is 6.17 Å². The number of thioether (sulfide) groups is 1. The van der Waals surface area contributed by atoms with Gasteiger partial charge in [0, 0.05) is 12.0 Å². The molecule has 5 heteroatoms. The number of nitrogens with one attached hydrogen (secondary N) is 1. The van der Waals surface area contributed by atoms with Crippen LogP contribution in [0.15, 0.2) is 29.2 Å². The topological polar surface area (TPSA) is 38.3 Å². The van der Waals surface area contributed by atoms with E-state index in [-0.39, 0.29) is 0 Å². The molecule has 0 fully saturated rings. The molecule has 0 aromatic heterocycles. The molecule has 0 saturated carbocycles. The summed E-state index contributed by atoms with van der Waals surface area (Å²) in [5.41, 5.74) is -0.150. The summed E-state index contributed by atoms with van der Waals surface area (Å²) in [4.78, 5) is 12.2. The number of halogens is 1. The third-order valence-electron chi connectivity index (χ3n) is 2.11. The molecule has 1 N–H and O–H groups in total. The Balaban J connectivity index is 2.37. The van der Waals surface area contributed by atoms with Crippen molar-refractivity contribution < 1.29 is 13.9 Å². The van der Waals surface area contributed by atoms with Gasteiger partial charge in [0.05, 0.1) is 5.69 Å². The van der Waals surface area contributed by atoms with Crippen LogP contribution >= 0.6 is 11.8 Å². The highest BCUT2D eigenvalue weighted by Crippen LogP contribution is 2.36. The third kappa shape index (κ3) is 1.98. The van der Waals surface area contributed by atoms with Crippen LogP contribution in [0.4, 0.5) is 10.1 Å². The molecular formula is C10H10FNO2S. The van der Waals surface area contributed by atoms with E-state index in [0.717, 1.165) is 4.90 Å². The highest BCUT2D eigenvalue weighted by molar-refractivity contribution is 8.00. The molecule has 1 heterocycles. The normalized spacial score (nSPS) is 25.3. The Morgan fingerprint density at radius 3 is 2.93 bits per heavy atom. The van der Waals surface area contributed by atoms with Gasteiger partial charge in [0.25, 0.3) is 5.91 Å². The quantitative estimate of drug-likeness (QED) is 0.798. The van der Waals surface area contributed by atoms with Crippen LogP contribution in [-0.4, -0.2) is 24.6 Å². The molecule has 0 bridgehead atoms. The lowest BCUT2D eigenvalue weighted by Gasteiger charge is -2.13. The smallest absolute Gasteiger partial charge is 0.262 e. The second kappa shape index (κ2) is 4.20. The number of rotatable bonds is 1. The number of fused-ring (bicyclic) bond motifs is 1. The Bertz CT molecular complexity index is 385. The van der Waals surface area contributed by atoms with Gasteiger partial charge in [-0.15, -0.1) is 0 Å². The van der Waals surface area contributed by atoms with Crippen molar-refractivity contribution in [3.05, 3.63) is 24.3 Å². The first-order valence-corrected chi connectivity index (χ1v) is 5.34. The largest absolute Gasteiger partial charge is 0.367 e. The third-order valence-corrected chi connectivity index (χ3v) is 3.38. The van der Waals surface area contributed by atoms with E-state index >= 15 is 0 Å². The van der Waals surface area contributed by atoms with Crippen LogP contribution in [0.1, 0.15) is 0 Å². The monoisotopic (exact) mass is 227 g/mol. The highest BCUT2D eigenvalue weighted by atomic mass is 32.2. The van der Waals surface area contributed by atoms with Crippen LogP contribution < -0.4 is 5.32 Å². The van der Waals surface area contributed by atoms with E-state index in [1.54, 1.807) is 12.1 Å². The summed E-state index contributed by atoms with van der Waals surface area (Å²) >= 11 is 1.21. The number of hydrogen-bond acceptors (Lipinski definition) is 3. The summed E-state index contributed by atoms with van der Waals surface area (Å²) in [5.74, 6) is -0.653. The Hall–Kier alpha value is -1.07. The average Bonchev–Trinajstić information content (AvgIpc) is 2.37. The number of carbonyl (C=O) groups excluding carboxylic acids is 1. The lowest BCUT2D eigenvalue weighted by molar-refractivity contribution is -0.123. The van der Waals surface area contributed by atoms with E-state index in [2.05, 4.69) is 5.32 Å². The summed E-state index contributed by atoms with van der Waals surface area (Å²) in [5, 5.41) is 2.52. The average molecular weight is 227 g/mol. The summed E-state index contributed by atoms with van der Waals surface area (Å²) in [7, 11) is 1.39. The van der Waals surface area contributed by atoms with Crippen LogP contribution in [0.3, 0.4) is 0 Å². The minimum atomic E-state index is -1.65. The van der Waals surface area contributed by atoms with Gasteiger partial charge in [-0.2, -0.15) is 0 Å². The van der Waals surface area contributed by atoms with E-state index in [4.69, 9.17) is 4.74 Å². The van der Waals surface area contributed by atoms with Gasteiger partial charge in [-0.3, -0.25) is 4.79 Å². The molecule has 1 aromatic carbocycles. The van der Waals surface area contributed by atoms with Crippen LogP contribution in [0.25, 0.3) is 0 Å². The molecular weight excluding hydrogens is 217 g/mol. The van der Waals surface area contributed by atoms with Gasteiger partial charge in [-0.1, -0.05) is 23.9 Å². The maximum absolute atomic E-state index is 13.5. The Labute approximate surface area is 91.0 Å². The molecule has 0 aliphatic carbocycles. The zero-order valence-electron chi connectivity index (χ0n) is 8.07. The number of para-hydroxylation sites is 1. The molecule has 1 aromatic rings. The molecule has 1 amide bonds. The predicted molar refractivity (Wildman–Crippen MR) is 56.6 cm³/mol. The van der Waals surface area contributed by atoms with Crippen molar-refractivity contribution in [1.82, 2.24) is 0 Å². The molecule has 2 atom stereocenters. The van der Waals surface area contributed by atoms with Crippen molar-refractivity contribution in [3.63, 3.8) is 0 Å². The molecule has 0 unspecified atom stereocenters. The van der Waals surface area contributed by atoms with Gasteiger partial charge in [0.15, 0.2) is 0 Å². The second-order valence-corrected chi connectivity index (χ2v) is 4.25. The van der Waals surface area contributed by atoms with E-state index in [9.17, 15) is 9.18 Å². The molecule has 15 heavy (non-hydrogen) atoms. The van der Waals surface area contributed by atoms with E-state index < -0.39 is 17.5 Å². The summed E-state index contributed by atoms with van der Waals surface area (Å²) < 4.78 is 18.4. The lowest BCUT2D eigenvalue weighted by atomic mass is 10.3. The molecule has 80 valence electrons. The molecule has 1 aliphatic heterocycles. The number of carbonyl (C=O) groups is 1. The van der Waals surface area contributed by atoms with E-state index in [0.29, 0.717) is 5.69 Å². The second-order valence-electron chi connectivity index (χ2n) is 3.11. The number of anilines is 1. The number of benzene rings is 1. The molecule has 1 aliphatic rings. The Kier molecular flexibility index (Phi) is 2.93. The Morgan fingerprint density at radius 1 is 1.47 bits per heavy atom. The molecule has 0 saturated heterocycles. The van der Waals surface area contributed by atoms with Crippen molar-refractivity contribution in [2.75, 3.05) is 12.4 Å². The van der Waals surface area contributed by atoms with Gasteiger partial charge in [-0.25, -0.2) is 4.39 Å². The summed E-state index contributed by atoms with van der Waals surface area (Å²) in [6.45, 7) is 0.